The molecular formula is C24H31BrF3N5O3. The molecule has 2 aromatic rings. The zero-order valence-corrected chi connectivity index (χ0v) is 21.8. The van der Waals surface area contributed by atoms with Gasteiger partial charge in [0.15, 0.2) is 0 Å². The van der Waals surface area contributed by atoms with Crippen molar-refractivity contribution in [3.05, 3.63) is 51.8 Å². The number of aliphatic hydroxyl groups is 1. The largest absolute Gasteiger partial charge is 0.416 e. The molecule has 0 bridgehead atoms. The van der Waals surface area contributed by atoms with Crippen LogP contribution in [0.1, 0.15) is 42.5 Å². The van der Waals surface area contributed by atoms with Crippen LogP contribution in [0, 0.1) is 6.92 Å². The molecule has 1 saturated carbocycles. The number of hydrogen-bond donors (Lipinski definition) is 3. The zero-order valence-electron chi connectivity index (χ0n) is 20.2. The Morgan fingerprint density at radius 2 is 1.97 bits per heavy atom. The third-order valence-electron chi connectivity index (χ3n) is 6.49. The Kier molecular flexibility index (Phi) is 9.18. The fourth-order valence-electron chi connectivity index (χ4n) is 4.59. The second-order valence-electron chi connectivity index (χ2n) is 9.35. The first kappa shape index (κ1) is 28.1. The maximum Gasteiger partial charge on any atom is 0.416 e. The molecule has 1 aromatic carbocycles. The molecule has 2 amide bonds. The summed E-state index contributed by atoms with van der Waals surface area (Å²) in [7, 11) is 1.85. The normalized spacial score (nSPS) is 22.7. The summed E-state index contributed by atoms with van der Waals surface area (Å²) in [6.07, 6.45) is 1.36. The van der Waals surface area contributed by atoms with Crippen LogP contribution in [0.25, 0.3) is 0 Å². The van der Waals surface area contributed by atoms with Crippen molar-refractivity contribution in [1.82, 2.24) is 25.3 Å². The molecule has 1 aliphatic carbocycles. The monoisotopic (exact) mass is 573 g/mol. The number of carbonyl (C=O) groups is 2. The van der Waals surface area contributed by atoms with Crippen LogP contribution in [0.4, 0.5) is 13.2 Å². The summed E-state index contributed by atoms with van der Waals surface area (Å²) in [5.74, 6) is -0.158. The smallest absolute Gasteiger partial charge is 0.383 e. The molecule has 2 aliphatic rings. The number of amides is 2. The highest BCUT2D eigenvalue weighted by Crippen LogP contribution is 2.41. The summed E-state index contributed by atoms with van der Waals surface area (Å²) < 4.78 is 38.5. The molecule has 4 rings (SSSR count). The van der Waals surface area contributed by atoms with Crippen LogP contribution in [0.3, 0.4) is 0 Å². The van der Waals surface area contributed by atoms with Crippen LogP contribution in [-0.4, -0.2) is 63.8 Å². The Morgan fingerprint density at radius 3 is 2.47 bits per heavy atom. The van der Waals surface area contributed by atoms with E-state index in [1.165, 1.54) is 6.07 Å². The molecule has 0 atom stereocenters. The zero-order chi connectivity index (χ0) is 26.5. The molecule has 1 aromatic heterocycles. The molecule has 198 valence electrons. The number of nitrogens with one attached hydrogen (secondary N) is 2. The third kappa shape index (κ3) is 7.30. The van der Waals surface area contributed by atoms with E-state index < -0.39 is 17.3 Å². The number of aryl methyl sites for hydroxylation is 2. The van der Waals surface area contributed by atoms with Gasteiger partial charge in [0, 0.05) is 32.4 Å². The van der Waals surface area contributed by atoms with Gasteiger partial charge < -0.3 is 15.7 Å². The van der Waals surface area contributed by atoms with Crippen LogP contribution in [0.15, 0.2) is 34.9 Å². The minimum absolute atomic E-state index is 0.0232. The lowest BCUT2D eigenvalue weighted by Gasteiger charge is -2.48. The summed E-state index contributed by atoms with van der Waals surface area (Å²) in [5.41, 5.74) is -0.0996. The van der Waals surface area contributed by atoms with E-state index in [1.54, 1.807) is 17.7 Å². The summed E-state index contributed by atoms with van der Waals surface area (Å²) >= 11 is 3.48. The van der Waals surface area contributed by atoms with Gasteiger partial charge in [0.05, 0.1) is 22.6 Å². The summed E-state index contributed by atoms with van der Waals surface area (Å²) in [6.45, 7) is 3.30. The molecular weight excluding hydrogens is 543 g/mol. The first-order valence-corrected chi connectivity index (χ1v) is 12.5. The van der Waals surface area contributed by atoms with E-state index in [4.69, 9.17) is 0 Å². The number of alkyl halides is 3. The summed E-state index contributed by atoms with van der Waals surface area (Å²) in [5, 5.41) is 20.6. The van der Waals surface area contributed by atoms with Gasteiger partial charge in [-0.2, -0.15) is 18.3 Å². The lowest BCUT2D eigenvalue weighted by Crippen LogP contribution is -2.63. The summed E-state index contributed by atoms with van der Waals surface area (Å²) in [4.78, 5) is 24.1. The number of benzene rings is 1. The molecule has 1 aliphatic heterocycles. The van der Waals surface area contributed by atoms with Gasteiger partial charge in [-0.1, -0.05) is 23.8 Å². The standard InChI is InChI=1S/C16H24BrN5O3.C8H7F3/c1-21-9-13(17)15(20-21)16(25)4-2-12(3-5-16)22-7-11(8-22)19-14(24)6-18-10-23;1-6-3-2-4-7(5-6)8(9,10)11/h9-12,25H,2-8H2,1H3,(H,18,23)(H,19,24);2-5H,1H3. The maximum atomic E-state index is 12.0. The molecule has 36 heavy (non-hydrogen) atoms. The van der Waals surface area contributed by atoms with Gasteiger partial charge in [-0.05, 0) is 54.6 Å². The lowest BCUT2D eigenvalue weighted by molar-refractivity contribution is -0.137. The molecule has 12 heteroatoms. The van der Waals surface area contributed by atoms with Crippen molar-refractivity contribution in [3.63, 3.8) is 0 Å². The van der Waals surface area contributed by atoms with E-state index >= 15 is 0 Å². The van der Waals surface area contributed by atoms with E-state index in [0.29, 0.717) is 30.9 Å². The third-order valence-corrected chi connectivity index (χ3v) is 7.07. The molecule has 0 radical (unpaired) electrons. The number of nitrogens with zero attached hydrogens (tertiary/aromatic N) is 3. The van der Waals surface area contributed by atoms with Gasteiger partial charge in [-0.25, -0.2) is 0 Å². The predicted molar refractivity (Wildman–Crippen MR) is 131 cm³/mol. The van der Waals surface area contributed by atoms with Crippen molar-refractivity contribution < 1.29 is 27.9 Å². The van der Waals surface area contributed by atoms with E-state index in [9.17, 15) is 27.9 Å². The highest BCUT2D eigenvalue weighted by molar-refractivity contribution is 9.10. The van der Waals surface area contributed by atoms with E-state index in [-0.39, 0.29) is 18.5 Å². The quantitative estimate of drug-likeness (QED) is 0.461. The average Bonchev–Trinajstić information content (AvgIpc) is 3.14. The Labute approximate surface area is 216 Å². The van der Waals surface area contributed by atoms with Crippen LogP contribution >= 0.6 is 15.9 Å². The van der Waals surface area contributed by atoms with E-state index in [2.05, 4.69) is 36.6 Å². The second kappa shape index (κ2) is 11.7. The SMILES string of the molecule is Cc1cccc(C(F)(F)F)c1.Cn1cc(Br)c(C2(O)CCC(N3CC(NC(=O)CNC=O)C3)CC2)n1. The van der Waals surface area contributed by atoms with Crippen molar-refractivity contribution in [2.75, 3.05) is 19.6 Å². The topological polar surface area (TPSA) is 99.5 Å². The van der Waals surface area contributed by atoms with Gasteiger partial charge >= 0.3 is 6.18 Å². The average molecular weight is 574 g/mol. The van der Waals surface area contributed by atoms with Gasteiger partial charge in [-0.15, -0.1) is 0 Å². The Morgan fingerprint density at radius 1 is 1.31 bits per heavy atom. The fraction of sp³-hybridized carbons (Fsp3) is 0.542. The van der Waals surface area contributed by atoms with Crippen molar-refractivity contribution in [2.24, 2.45) is 7.05 Å². The molecule has 0 unspecified atom stereocenters. The maximum absolute atomic E-state index is 12.0. The molecule has 2 fully saturated rings. The molecule has 8 nitrogen and oxygen atoms in total. The number of aromatic nitrogens is 2. The van der Waals surface area contributed by atoms with Crippen molar-refractivity contribution in [2.45, 2.75) is 56.5 Å². The molecule has 2 heterocycles. The van der Waals surface area contributed by atoms with E-state index in [1.807, 2.05) is 13.2 Å². The van der Waals surface area contributed by atoms with Crippen molar-refractivity contribution in [1.29, 1.82) is 0 Å². The van der Waals surface area contributed by atoms with Crippen LogP contribution in [0.5, 0.6) is 0 Å². The second-order valence-corrected chi connectivity index (χ2v) is 10.2. The summed E-state index contributed by atoms with van der Waals surface area (Å²) in [6, 6.07) is 5.80. The van der Waals surface area contributed by atoms with E-state index in [0.717, 1.165) is 48.2 Å². The highest BCUT2D eigenvalue weighted by atomic mass is 79.9. The van der Waals surface area contributed by atoms with Gasteiger partial charge in [0.2, 0.25) is 12.3 Å². The minimum Gasteiger partial charge on any atom is -0.383 e. The van der Waals surface area contributed by atoms with Crippen LogP contribution < -0.4 is 10.6 Å². The van der Waals surface area contributed by atoms with Crippen LogP contribution in [0.2, 0.25) is 0 Å². The Bertz CT molecular complexity index is 1050. The fourth-order valence-corrected chi connectivity index (χ4v) is 5.34. The van der Waals surface area contributed by atoms with Crippen LogP contribution in [-0.2, 0) is 28.4 Å². The lowest BCUT2D eigenvalue weighted by atomic mass is 9.79. The number of rotatable bonds is 6. The van der Waals surface area contributed by atoms with Crippen molar-refractivity contribution >= 4 is 28.2 Å². The van der Waals surface area contributed by atoms with Gasteiger partial charge in [-0.3, -0.25) is 19.2 Å². The predicted octanol–water partition coefficient (Wildman–Crippen LogP) is 2.87. The first-order chi connectivity index (χ1) is 16.9. The molecule has 1 saturated heterocycles. The number of halogens is 4. The molecule has 0 spiro atoms. The number of hydrogen-bond acceptors (Lipinski definition) is 5. The molecule has 3 N–H and O–H groups in total. The van der Waals surface area contributed by atoms with Crippen molar-refractivity contribution in [3.8, 4) is 0 Å². The highest BCUT2D eigenvalue weighted by Gasteiger charge is 2.42. The first-order valence-electron chi connectivity index (χ1n) is 11.7. The Balaban J connectivity index is 0.000000275. The number of carbonyl (C=O) groups excluding carboxylic acids is 2. The Hall–Kier alpha value is -2.44. The minimum atomic E-state index is -4.22. The van der Waals surface area contributed by atoms with Gasteiger partial charge in [0.25, 0.3) is 0 Å². The number of likely N-dealkylation sites (tertiary alicyclic amines) is 1. The van der Waals surface area contributed by atoms with Gasteiger partial charge in [0.1, 0.15) is 11.3 Å².